The first-order valence-corrected chi connectivity index (χ1v) is 7.86. The number of hydrogen-bond donors (Lipinski definition) is 1. The molecule has 2 atom stereocenters. The smallest absolute Gasteiger partial charge is 0.128 e. The van der Waals surface area contributed by atoms with Crippen LogP contribution in [0.4, 0.5) is 8.78 Å². The van der Waals surface area contributed by atoms with Crippen molar-refractivity contribution in [2.75, 3.05) is 6.54 Å². The van der Waals surface area contributed by atoms with Gasteiger partial charge >= 0.3 is 0 Å². The molecule has 3 rings (SSSR count). The van der Waals surface area contributed by atoms with Crippen LogP contribution in [0.3, 0.4) is 0 Å². The molecular weight excluding hydrogens is 300 g/mol. The summed E-state index contributed by atoms with van der Waals surface area (Å²) in [5.41, 5.74) is 2.36. The molecule has 1 fully saturated rings. The van der Waals surface area contributed by atoms with E-state index >= 15 is 0 Å². The summed E-state index contributed by atoms with van der Waals surface area (Å²) in [6.45, 7) is 3.04. The first-order valence-electron chi connectivity index (χ1n) is 7.86. The van der Waals surface area contributed by atoms with Gasteiger partial charge in [-0.1, -0.05) is 6.92 Å². The zero-order valence-electron chi connectivity index (χ0n) is 13.3. The minimum atomic E-state index is -0.538. The Labute approximate surface area is 134 Å². The zero-order valence-corrected chi connectivity index (χ0v) is 13.3. The summed E-state index contributed by atoms with van der Waals surface area (Å²) >= 11 is 0. The maximum absolute atomic E-state index is 14.1. The van der Waals surface area contributed by atoms with Gasteiger partial charge in [-0.3, -0.25) is 9.58 Å². The van der Waals surface area contributed by atoms with Crippen LogP contribution in [0, 0.1) is 11.6 Å². The van der Waals surface area contributed by atoms with E-state index in [-0.39, 0.29) is 6.04 Å². The Hall–Kier alpha value is -1.79. The van der Waals surface area contributed by atoms with Gasteiger partial charge < -0.3 is 5.11 Å². The molecular formula is C17H21F2N3O. The lowest BCUT2D eigenvalue weighted by Crippen LogP contribution is -2.25. The van der Waals surface area contributed by atoms with E-state index < -0.39 is 17.7 Å². The number of aryl methyl sites for hydroxylation is 2. The van der Waals surface area contributed by atoms with E-state index in [0.717, 1.165) is 29.8 Å². The number of likely N-dealkylation sites (tertiary alicyclic amines) is 1. The number of hydrogen-bond acceptors (Lipinski definition) is 3. The molecule has 1 N–H and O–H groups in total. The third-order valence-corrected chi connectivity index (χ3v) is 4.40. The molecule has 0 amide bonds. The second-order valence-corrected chi connectivity index (χ2v) is 6.13. The molecule has 0 radical (unpaired) electrons. The van der Waals surface area contributed by atoms with E-state index in [0.29, 0.717) is 25.1 Å². The van der Waals surface area contributed by atoms with Gasteiger partial charge in [0.25, 0.3) is 0 Å². The minimum absolute atomic E-state index is 0.309. The molecule has 2 heterocycles. The van der Waals surface area contributed by atoms with Crippen LogP contribution in [0.15, 0.2) is 24.4 Å². The van der Waals surface area contributed by atoms with E-state index in [1.54, 1.807) is 4.68 Å². The maximum Gasteiger partial charge on any atom is 0.128 e. The van der Waals surface area contributed by atoms with E-state index in [9.17, 15) is 13.9 Å². The largest absolute Gasteiger partial charge is 0.392 e. The number of aliphatic hydroxyl groups excluding tert-OH is 1. The average molecular weight is 321 g/mol. The van der Waals surface area contributed by atoms with Crippen LogP contribution < -0.4 is 0 Å². The van der Waals surface area contributed by atoms with Gasteiger partial charge in [0.05, 0.1) is 11.8 Å². The fraction of sp³-hybridized carbons (Fsp3) is 0.471. The Balaban J connectivity index is 1.89. The van der Waals surface area contributed by atoms with Crippen LogP contribution in [0.5, 0.6) is 0 Å². The third kappa shape index (κ3) is 3.28. The van der Waals surface area contributed by atoms with Crippen molar-refractivity contribution in [2.24, 2.45) is 7.05 Å². The molecule has 1 aliphatic rings. The minimum Gasteiger partial charge on any atom is -0.392 e. The van der Waals surface area contributed by atoms with Crippen molar-refractivity contribution >= 4 is 0 Å². The first-order chi connectivity index (χ1) is 11.0. The summed E-state index contributed by atoms with van der Waals surface area (Å²) in [6, 6.07) is 3.17. The molecule has 0 bridgehead atoms. The monoisotopic (exact) mass is 321 g/mol. The topological polar surface area (TPSA) is 41.3 Å². The molecule has 124 valence electrons. The molecule has 1 aliphatic heterocycles. The van der Waals surface area contributed by atoms with Gasteiger partial charge in [-0.2, -0.15) is 5.10 Å². The Bertz CT molecular complexity index is 701. The summed E-state index contributed by atoms with van der Waals surface area (Å²) in [7, 11) is 1.87. The van der Waals surface area contributed by atoms with Gasteiger partial charge in [-0.15, -0.1) is 0 Å². The highest BCUT2D eigenvalue weighted by Crippen LogP contribution is 2.35. The molecule has 0 spiro atoms. The van der Waals surface area contributed by atoms with Gasteiger partial charge in [0.15, 0.2) is 0 Å². The van der Waals surface area contributed by atoms with Crippen LogP contribution in [-0.4, -0.2) is 32.4 Å². The number of aromatic nitrogens is 2. The fourth-order valence-electron chi connectivity index (χ4n) is 3.38. The number of aliphatic hydroxyl groups is 1. The Kier molecular flexibility index (Phi) is 4.46. The average Bonchev–Trinajstić information content (AvgIpc) is 3.04. The highest BCUT2D eigenvalue weighted by atomic mass is 19.1. The molecule has 1 saturated heterocycles. The highest BCUT2D eigenvalue weighted by molar-refractivity contribution is 5.25. The maximum atomic E-state index is 14.1. The second-order valence-electron chi connectivity index (χ2n) is 6.13. The summed E-state index contributed by atoms with van der Waals surface area (Å²) in [5.74, 6) is -0.893. The number of rotatable bonds is 4. The Morgan fingerprint density at radius 2 is 2.13 bits per heavy atom. The van der Waals surface area contributed by atoms with Crippen LogP contribution in [0.25, 0.3) is 0 Å². The van der Waals surface area contributed by atoms with Crippen molar-refractivity contribution < 1.29 is 13.9 Å². The standard InChI is InChI=1S/C17H21F2N3O/c1-3-16-11(8-21(2)20-16)9-22-10-13(23)7-17(22)14-6-12(18)4-5-15(14)19/h4-6,8,13,17,23H,3,7,9-10H2,1-2H3/t13-,17-/m1/s1. The molecule has 0 saturated carbocycles. The van der Waals surface area contributed by atoms with Crippen LogP contribution in [0.2, 0.25) is 0 Å². The fourth-order valence-corrected chi connectivity index (χ4v) is 3.38. The van der Waals surface area contributed by atoms with E-state index in [1.165, 1.54) is 6.07 Å². The van der Waals surface area contributed by atoms with Crippen LogP contribution >= 0.6 is 0 Å². The molecule has 23 heavy (non-hydrogen) atoms. The second kappa shape index (κ2) is 6.37. The summed E-state index contributed by atoms with van der Waals surface area (Å²) in [6.07, 6.45) is 2.63. The normalized spacial score (nSPS) is 22.0. The predicted octanol–water partition coefficient (Wildman–Crippen LogP) is 2.57. The van der Waals surface area contributed by atoms with Gasteiger partial charge in [0, 0.05) is 43.5 Å². The Morgan fingerprint density at radius 3 is 2.87 bits per heavy atom. The number of nitrogens with zero attached hydrogens (tertiary/aromatic N) is 3. The highest BCUT2D eigenvalue weighted by Gasteiger charge is 2.34. The van der Waals surface area contributed by atoms with Crippen molar-refractivity contribution in [1.82, 2.24) is 14.7 Å². The number of β-amino-alcohol motifs (C(OH)–C–C–N with tert-alkyl or cyclic N) is 1. The lowest BCUT2D eigenvalue weighted by atomic mass is 10.0. The van der Waals surface area contributed by atoms with E-state index in [1.807, 2.05) is 25.1 Å². The molecule has 4 nitrogen and oxygen atoms in total. The predicted molar refractivity (Wildman–Crippen MR) is 82.7 cm³/mol. The molecule has 1 aromatic carbocycles. The molecule has 2 aromatic rings. The van der Waals surface area contributed by atoms with Crippen molar-refractivity contribution in [3.8, 4) is 0 Å². The van der Waals surface area contributed by atoms with E-state index in [2.05, 4.69) is 5.10 Å². The first kappa shape index (κ1) is 16.1. The van der Waals surface area contributed by atoms with Gasteiger partial charge in [0.2, 0.25) is 0 Å². The number of halogens is 2. The third-order valence-electron chi connectivity index (χ3n) is 4.40. The van der Waals surface area contributed by atoms with Gasteiger partial charge in [0.1, 0.15) is 11.6 Å². The lowest BCUT2D eigenvalue weighted by Gasteiger charge is -2.24. The quantitative estimate of drug-likeness (QED) is 0.941. The summed E-state index contributed by atoms with van der Waals surface area (Å²) < 4.78 is 29.4. The van der Waals surface area contributed by atoms with Crippen LogP contribution in [-0.2, 0) is 20.0 Å². The number of benzene rings is 1. The Morgan fingerprint density at radius 1 is 1.35 bits per heavy atom. The van der Waals surface area contributed by atoms with Gasteiger partial charge in [-0.25, -0.2) is 8.78 Å². The summed E-state index contributed by atoms with van der Waals surface area (Å²) in [4.78, 5) is 2.00. The molecule has 1 aromatic heterocycles. The summed E-state index contributed by atoms with van der Waals surface area (Å²) in [5, 5.41) is 14.4. The molecule has 0 unspecified atom stereocenters. The molecule has 0 aliphatic carbocycles. The van der Waals surface area contributed by atoms with Crippen LogP contribution in [0.1, 0.15) is 36.2 Å². The van der Waals surface area contributed by atoms with Crippen molar-refractivity contribution in [1.29, 1.82) is 0 Å². The van der Waals surface area contributed by atoms with Crippen molar-refractivity contribution in [3.05, 3.63) is 52.9 Å². The molecule has 6 heteroatoms. The lowest BCUT2D eigenvalue weighted by molar-refractivity contribution is 0.172. The van der Waals surface area contributed by atoms with E-state index in [4.69, 9.17) is 0 Å². The van der Waals surface area contributed by atoms with Crippen molar-refractivity contribution in [2.45, 2.75) is 38.5 Å². The SMILES string of the molecule is CCc1nn(C)cc1CN1C[C@H](O)C[C@@H]1c1cc(F)ccc1F. The van der Waals surface area contributed by atoms with Gasteiger partial charge in [-0.05, 0) is 31.0 Å². The zero-order chi connectivity index (χ0) is 16.6. The van der Waals surface area contributed by atoms with Crippen molar-refractivity contribution in [3.63, 3.8) is 0 Å².